The first-order valence-electron chi connectivity index (χ1n) is 8.22. The van der Waals surface area contributed by atoms with E-state index in [-0.39, 0.29) is 28.8 Å². The number of rotatable bonds is 3. The van der Waals surface area contributed by atoms with Crippen molar-refractivity contribution >= 4 is 5.97 Å². The lowest BCUT2D eigenvalue weighted by Gasteiger charge is -2.41. The highest BCUT2D eigenvalue weighted by atomic mass is 16.5. The van der Waals surface area contributed by atoms with Crippen LogP contribution in [0.1, 0.15) is 36.8 Å². The summed E-state index contributed by atoms with van der Waals surface area (Å²) >= 11 is 0. The molecule has 0 spiro atoms. The lowest BCUT2D eigenvalue weighted by molar-refractivity contribution is -0.147. The first-order chi connectivity index (χ1) is 11.5. The van der Waals surface area contributed by atoms with Gasteiger partial charge >= 0.3 is 5.97 Å². The van der Waals surface area contributed by atoms with Crippen molar-refractivity contribution in [3.63, 3.8) is 0 Å². The Morgan fingerprint density at radius 1 is 1.00 bits per heavy atom. The maximum atomic E-state index is 12.1. The molecule has 24 heavy (non-hydrogen) atoms. The van der Waals surface area contributed by atoms with Crippen LogP contribution < -0.4 is 0 Å². The Kier molecular flexibility index (Phi) is 4.47. The number of esters is 1. The zero-order valence-electron chi connectivity index (χ0n) is 13.7. The Labute approximate surface area is 141 Å². The van der Waals surface area contributed by atoms with Crippen LogP contribution in [0, 0.1) is 5.92 Å². The van der Waals surface area contributed by atoms with E-state index >= 15 is 0 Å². The molecule has 2 aromatic carbocycles. The molecule has 0 saturated heterocycles. The van der Waals surface area contributed by atoms with Crippen molar-refractivity contribution in [3.8, 4) is 11.5 Å². The fourth-order valence-corrected chi connectivity index (χ4v) is 3.89. The molecule has 4 nitrogen and oxygen atoms in total. The van der Waals surface area contributed by atoms with Crippen molar-refractivity contribution in [2.45, 2.75) is 31.1 Å². The predicted molar refractivity (Wildman–Crippen MR) is 91.0 cm³/mol. The van der Waals surface area contributed by atoms with Crippen molar-refractivity contribution in [1.29, 1.82) is 0 Å². The second-order valence-electron chi connectivity index (χ2n) is 6.49. The SMILES string of the molecule is COC(=O)C1CCCC(c2ccc(O)cc2)(c2ccc(O)cc2)C1. The Bertz CT molecular complexity index is 658. The third kappa shape index (κ3) is 2.96. The van der Waals surface area contributed by atoms with Gasteiger partial charge in [-0.25, -0.2) is 0 Å². The molecule has 2 aromatic rings. The largest absolute Gasteiger partial charge is 0.508 e. The van der Waals surface area contributed by atoms with E-state index in [2.05, 4.69) is 0 Å². The molecule has 1 unspecified atom stereocenters. The summed E-state index contributed by atoms with van der Waals surface area (Å²) in [6, 6.07) is 14.4. The van der Waals surface area contributed by atoms with Crippen LogP contribution in [0.2, 0.25) is 0 Å². The smallest absolute Gasteiger partial charge is 0.308 e. The average Bonchev–Trinajstić information content (AvgIpc) is 2.62. The molecule has 1 aliphatic rings. The highest BCUT2D eigenvalue weighted by Crippen LogP contribution is 2.47. The van der Waals surface area contributed by atoms with E-state index in [0.717, 1.165) is 30.4 Å². The molecule has 3 rings (SSSR count). The van der Waals surface area contributed by atoms with E-state index in [1.165, 1.54) is 7.11 Å². The molecule has 4 heteroatoms. The second kappa shape index (κ2) is 6.56. The summed E-state index contributed by atoms with van der Waals surface area (Å²) in [5.74, 6) is 0.128. The van der Waals surface area contributed by atoms with Gasteiger partial charge in [0.2, 0.25) is 0 Å². The monoisotopic (exact) mass is 326 g/mol. The van der Waals surface area contributed by atoms with Gasteiger partial charge in [-0.2, -0.15) is 0 Å². The van der Waals surface area contributed by atoms with Crippen LogP contribution in [-0.2, 0) is 14.9 Å². The fourth-order valence-electron chi connectivity index (χ4n) is 3.89. The van der Waals surface area contributed by atoms with Gasteiger partial charge in [-0.3, -0.25) is 4.79 Å². The van der Waals surface area contributed by atoms with Crippen LogP contribution in [0.3, 0.4) is 0 Å². The summed E-state index contributed by atoms with van der Waals surface area (Å²) in [6.07, 6.45) is 3.32. The van der Waals surface area contributed by atoms with Gasteiger partial charge in [0, 0.05) is 5.41 Å². The van der Waals surface area contributed by atoms with E-state index in [1.807, 2.05) is 24.3 Å². The third-order valence-corrected chi connectivity index (χ3v) is 5.13. The Morgan fingerprint density at radius 3 is 1.96 bits per heavy atom. The highest BCUT2D eigenvalue weighted by molar-refractivity contribution is 5.73. The van der Waals surface area contributed by atoms with Gasteiger partial charge in [0.05, 0.1) is 13.0 Å². The number of carbonyl (C=O) groups is 1. The lowest BCUT2D eigenvalue weighted by atomic mass is 9.62. The van der Waals surface area contributed by atoms with Crippen LogP contribution in [0.5, 0.6) is 11.5 Å². The molecule has 1 aliphatic carbocycles. The molecule has 1 saturated carbocycles. The van der Waals surface area contributed by atoms with Crippen LogP contribution in [0.4, 0.5) is 0 Å². The minimum Gasteiger partial charge on any atom is -0.508 e. The molecule has 0 bridgehead atoms. The van der Waals surface area contributed by atoms with Gasteiger partial charge < -0.3 is 14.9 Å². The van der Waals surface area contributed by atoms with Crippen LogP contribution >= 0.6 is 0 Å². The first-order valence-corrected chi connectivity index (χ1v) is 8.22. The summed E-state index contributed by atoms with van der Waals surface area (Å²) in [6.45, 7) is 0. The van der Waals surface area contributed by atoms with E-state index in [4.69, 9.17) is 4.74 Å². The summed E-state index contributed by atoms with van der Waals surface area (Å²) in [5.41, 5.74) is 1.82. The lowest BCUT2D eigenvalue weighted by Crippen LogP contribution is -2.37. The van der Waals surface area contributed by atoms with Crippen LogP contribution in [0.15, 0.2) is 48.5 Å². The van der Waals surface area contributed by atoms with E-state index in [9.17, 15) is 15.0 Å². The number of phenols is 2. The van der Waals surface area contributed by atoms with Crippen LogP contribution in [-0.4, -0.2) is 23.3 Å². The van der Waals surface area contributed by atoms with E-state index in [0.29, 0.717) is 6.42 Å². The number of ether oxygens (including phenoxy) is 1. The number of benzene rings is 2. The topological polar surface area (TPSA) is 66.8 Å². The van der Waals surface area contributed by atoms with Gasteiger partial charge in [0.1, 0.15) is 11.5 Å². The molecule has 1 atom stereocenters. The molecular weight excluding hydrogens is 304 g/mol. The molecule has 0 amide bonds. The van der Waals surface area contributed by atoms with Crippen molar-refractivity contribution in [2.75, 3.05) is 7.11 Å². The minimum atomic E-state index is -0.321. The molecule has 0 radical (unpaired) electrons. The van der Waals surface area contributed by atoms with Crippen molar-refractivity contribution < 1.29 is 19.7 Å². The third-order valence-electron chi connectivity index (χ3n) is 5.13. The molecular formula is C20H22O4. The van der Waals surface area contributed by atoms with Crippen molar-refractivity contribution in [3.05, 3.63) is 59.7 Å². The summed E-state index contributed by atoms with van der Waals surface area (Å²) in [5, 5.41) is 19.2. The van der Waals surface area contributed by atoms with Gasteiger partial charge in [-0.15, -0.1) is 0 Å². The standard InChI is InChI=1S/C20H22O4/c1-24-19(23)14-3-2-12-20(13-14,15-4-8-17(21)9-5-15)16-6-10-18(22)11-7-16/h4-11,14,21-22H,2-3,12-13H2,1H3. The van der Waals surface area contributed by atoms with Gasteiger partial charge in [0.15, 0.2) is 0 Å². The van der Waals surface area contributed by atoms with E-state index in [1.54, 1.807) is 24.3 Å². The first kappa shape index (κ1) is 16.4. The maximum absolute atomic E-state index is 12.1. The summed E-state index contributed by atoms with van der Waals surface area (Å²) < 4.78 is 4.97. The predicted octanol–water partition coefficient (Wildman–Crippen LogP) is 3.75. The molecule has 2 N–H and O–H groups in total. The Balaban J connectivity index is 2.08. The number of hydrogen-bond acceptors (Lipinski definition) is 4. The quantitative estimate of drug-likeness (QED) is 0.843. The van der Waals surface area contributed by atoms with Crippen molar-refractivity contribution in [1.82, 2.24) is 0 Å². The van der Waals surface area contributed by atoms with Crippen LogP contribution in [0.25, 0.3) is 0 Å². The number of methoxy groups -OCH3 is 1. The minimum absolute atomic E-state index is 0.147. The molecule has 1 fully saturated rings. The van der Waals surface area contributed by atoms with Gasteiger partial charge in [0.25, 0.3) is 0 Å². The Hall–Kier alpha value is -2.49. The maximum Gasteiger partial charge on any atom is 0.308 e. The zero-order valence-corrected chi connectivity index (χ0v) is 13.7. The highest BCUT2D eigenvalue weighted by Gasteiger charge is 2.42. The molecule has 0 heterocycles. The normalized spacial score (nSPS) is 19.6. The fraction of sp³-hybridized carbons (Fsp3) is 0.350. The zero-order chi connectivity index (χ0) is 17.2. The van der Waals surface area contributed by atoms with Crippen molar-refractivity contribution in [2.24, 2.45) is 5.92 Å². The van der Waals surface area contributed by atoms with E-state index < -0.39 is 0 Å². The molecule has 0 aliphatic heterocycles. The molecule has 0 aromatic heterocycles. The number of aromatic hydroxyl groups is 2. The molecule has 126 valence electrons. The summed E-state index contributed by atoms with van der Waals surface area (Å²) in [7, 11) is 1.43. The average molecular weight is 326 g/mol. The van der Waals surface area contributed by atoms with Gasteiger partial charge in [-0.1, -0.05) is 30.7 Å². The second-order valence-corrected chi connectivity index (χ2v) is 6.49. The van der Waals surface area contributed by atoms with Gasteiger partial charge in [-0.05, 0) is 54.7 Å². The number of phenolic OH excluding ortho intramolecular Hbond substituents is 2. The number of carbonyl (C=O) groups excluding carboxylic acids is 1. The number of hydrogen-bond donors (Lipinski definition) is 2. The Morgan fingerprint density at radius 2 is 1.50 bits per heavy atom. The summed E-state index contributed by atoms with van der Waals surface area (Å²) in [4.78, 5) is 12.1.